The Hall–Kier alpha value is -2.43. The molecular formula is C19H22N2O6S2. The summed E-state index contributed by atoms with van der Waals surface area (Å²) >= 11 is 0. The van der Waals surface area contributed by atoms with Gasteiger partial charge in [0.1, 0.15) is 10.6 Å². The molecule has 1 amide bonds. The second kappa shape index (κ2) is 7.77. The molecule has 0 spiro atoms. The van der Waals surface area contributed by atoms with E-state index in [9.17, 15) is 21.6 Å². The van der Waals surface area contributed by atoms with Crippen LogP contribution in [0.1, 0.15) is 12.5 Å². The van der Waals surface area contributed by atoms with Gasteiger partial charge < -0.3 is 4.74 Å². The first kappa shape index (κ1) is 21.3. The van der Waals surface area contributed by atoms with E-state index in [0.29, 0.717) is 4.31 Å². The van der Waals surface area contributed by atoms with Gasteiger partial charge in [0.25, 0.3) is 0 Å². The van der Waals surface area contributed by atoms with Crippen molar-refractivity contribution >= 4 is 31.6 Å². The lowest BCUT2D eigenvalue weighted by molar-refractivity contribution is -0.119. The molecule has 0 bridgehead atoms. The van der Waals surface area contributed by atoms with Crippen LogP contribution in [-0.4, -0.2) is 47.0 Å². The van der Waals surface area contributed by atoms with Gasteiger partial charge in [-0.1, -0.05) is 37.3 Å². The Morgan fingerprint density at radius 2 is 1.83 bits per heavy atom. The molecule has 1 atom stereocenters. The zero-order valence-corrected chi connectivity index (χ0v) is 17.9. The van der Waals surface area contributed by atoms with Gasteiger partial charge in [-0.15, -0.1) is 0 Å². The number of amides is 1. The Balaban J connectivity index is 2.04. The van der Waals surface area contributed by atoms with Crippen LogP contribution in [0.2, 0.25) is 0 Å². The smallest absolute Gasteiger partial charge is 0.246 e. The maximum absolute atomic E-state index is 13.2. The van der Waals surface area contributed by atoms with Crippen LogP contribution in [0.3, 0.4) is 0 Å². The molecule has 0 radical (unpaired) electrons. The molecule has 0 unspecified atom stereocenters. The third-order valence-corrected chi connectivity index (χ3v) is 8.37. The summed E-state index contributed by atoms with van der Waals surface area (Å²) in [7, 11) is -5.13. The predicted octanol–water partition coefficient (Wildman–Crippen LogP) is 1.83. The molecule has 2 aromatic carbocycles. The fraction of sp³-hybridized carbons (Fsp3) is 0.316. The van der Waals surface area contributed by atoms with Gasteiger partial charge >= 0.3 is 0 Å². The highest BCUT2D eigenvalue weighted by molar-refractivity contribution is 7.94. The molecule has 1 heterocycles. The van der Waals surface area contributed by atoms with Crippen LogP contribution in [0.5, 0.6) is 5.75 Å². The van der Waals surface area contributed by atoms with E-state index in [1.165, 1.54) is 39.3 Å². The van der Waals surface area contributed by atoms with Crippen LogP contribution in [0.4, 0.5) is 5.69 Å². The maximum atomic E-state index is 13.2. The summed E-state index contributed by atoms with van der Waals surface area (Å²) in [5, 5.41) is 0. The highest BCUT2D eigenvalue weighted by atomic mass is 32.2. The van der Waals surface area contributed by atoms with Gasteiger partial charge in [0.2, 0.25) is 26.0 Å². The average Bonchev–Trinajstić information content (AvgIpc) is 2.88. The van der Waals surface area contributed by atoms with Gasteiger partial charge in [0.05, 0.1) is 24.5 Å². The van der Waals surface area contributed by atoms with Crippen LogP contribution in [0, 0.1) is 5.92 Å². The largest absolute Gasteiger partial charge is 0.495 e. The van der Waals surface area contributed by atoms with Crippen LogP contribution < -0.4 is 9.04 Å². The summed E-state index contributed by atoms with van der Waals surface area (Å²) < 4.78 is 58.2. The Morgan fingerprint density at radius 1 is 1.17 bits per heavy atom. The van der Waals surface area contributed by atoms with Gasteiger partial charge in [-0.3, -0.25) is 4.79 Å². The van der Waals surface area contributed by atoms with Gasteiger partial charge in [-0.25, -0.2) is 21.1 Å². The lowest BCUT2D eigenvalue weighted by Crippen LogP contribution is -2.31. The molecule has 0 N–H and O–H groups in total. The van der Waals surface area contributed by atoms with Crippen LogP contribution in [0.15, 0.2) is 53.4 Å². The molecule has 0 aromatic heterocycles. The molecule has 29 heavy (non-hydrogen) atoms. The molecule has 156 valence electrons. The summed E-state index contributed by atoms with van der Waals surface area (Å²) in [5.41, 5.74) is 0.770. The second-order valence-electron chi connectivity index (χ2n) is 6.86. The molecule has 10 heteroatoms. The number of nitrogens with zero attached hydrogens (tertiary/aromatic N) is 2. The first-order valence-corrected chi connectivity index (χ1v) is 11.9. The third-order valence-electron chi connectivity index (χ3n) is 4.68. The SMILES string of the molecule is COc1ccc(N2C(=O)[C@@H](C)CS2(=O)=O)cc1S(=O)(=O)N(C)Cc1ccccc1. The van der Waals surface area contributed by atoms with Crippen molar-refractivity contribution < 1.29 is 26.4 Å². The van der Waals surface area contributed by atoms with E-state index in [4.69, 9.17) is 4.74 Å². The summed E-state index contributed by atoms with van der Waals surface area (Å²) in [5.74, 6) is -1.53. The first-order valence-electron chi connectivity index (χ1n) is 8.83. The third kappa shape index (κ3) is 4.00. The Kier molecular flexibility index (Phi) is 5.70. The van der Waals surface area contributed by atoms with Crippen molar-refractivity contribution in [1.29, 1.82) is 0 Å². The van der Waals surface area contributed by atoms with Crippen LogP contribution in [0.25, 0.3) is 0 Å². The Labute approximate surface area is 170 Å². The van der Waals surface area contributed by atoms with Crippen LogP contribution >= 0.6 is 0 Å². The van der Waals surface area contributed by atoms with Crippen molar-refractivity contribution in [2.45, 2.75) is 18.4 Å². The Morgan fingerprint density at radius 3 is 2.38 bits per heavy atom. The van der Waals surface area contributed by atoms with Gasteiger partial charge in [0.15, 0.2) is 0 Å². The number of benzene rings is 2. The molecule has 2 aromatic rings. The number of carbonyl (C=O) groups is 1. The highest BCUT2D eigenvalue weighted by Gasteiger charge is 2.42. The number of carbonyl (C=O) groups excluding carboxylic acids is 1. The summed E-state index contributed by atoms with van der Waals surface area (Å²) in [6.45, 7) is 1.64. The monoisotopic (exact) mass is 438 g/mol. The van der Waals surface area contributed by atoms with Crippen molar-refractivity contribution in [3.05, 3.63) is 54.1 Å². The number of sulfonamides is 2. The molecular weight excluding hydrogens is 416 g/mol. The maximum Gasteiger partial charge on any atom is 0.246 e. The zero-order chi connectivity index (χ0) is 21.4. The van der Waals surface area contributed by atoms with E-state index in [1.807, 2.05) is 18.2 Å². The summed E-state index contributed by atoms with van der Waals surface area (Å²) in [6, 6.07) is 12.9. The average molecular weight is 439 g/mol. The van der Waals surface area contributed by atoms with Gasteiger partial charge in [-0.2, -0.15) is 4.31 Å². The normalized spacial score (nSPS) is 19.0. The lowest BCUT2D eigenvalue weighted by atomic mass is 10.2. The summed E-state index contributed by atoms with van der Waals surface area (Å²) in [6.07, 6.45) is 0. The van der Waals surface area contributed by atoms with E-state index in [0.717, 1.165) is 9.87 Å². The van der Waals surface area contributed by atoms with Crippen molar-refractivity contribution in [3.63, 3.8) is 0 Å². The topological polar surface area (TPSA) is 101 Å². The Bertz CT molecular complexity index is 1130. The lowest BCUT2D eigenvalue weighted by Gasteiger charge is -2.21. The van der Waals surface area contributed by atoms with Crippen LogP contribution in [-0.2, 0) is 31.4 Å². The van der Waals surface area contributed by atoms with Gasteiger partial charge in [0, 0.05) is 13.6 Å². The number of hydrogen-bond acceptors (Lipinski definition) is 6. The number of ether oxygens (including phenoxy) is 1. The number of rotatable bonds is 6. The molecule has 0 saturated carbocycles. The number of anilines is 1. The first-order chi connectivity index (χ1) is 13.6. The fourth-order valence-corrected chi connectivity index (χ4v) is 6.32. The molecule has 8 nitrogen and oxygen atoms in total. The van der Waals surface area contributed by atoms with Crippen molar-refractivity contribution in [2.75, 3.05) is 24.2 Å². The molecule has 1 saturated heterocycles. The minimum atomic E-state index is -4.02. The molecule has 1 aliphatic rings. The molecule has 0 aliphatic carbocycles. The predicted molar refractivity (Wildman–Crippen MR) is 109 cm³/mol. The molecule has 1 fully saturated rings. The fourth-order valence-electron chi connectivity index (χ4n) is 3.17. The standard InChI is InChI=1S/C19H22N2O6S2/c1-14-13-28(23,24)21(19(14)22)16-9-10-17(27-3)18(11-16)29(25,26)20(2)12-15-7-5-4-6-8-15/h4-11,14H,12-13H2,1-3H3/t14-/m0/s1. The minimum Gasteiger partial charge on any atom is -0.495 e. The van der Waals surface area contributed by atoms with Crippen molar-refractivity contribution in [3.8, 4) is 5.75 Å². The van der Waals surface area contributed by atoms with E-state index in [-0.39, 0.29) is 28.6 Å². The van der Waals surface area contributed by atoms with E-state index in [1.54, 1.807) is 12.1 Å². The number of hydrogen-bond donors (Lipinski definition) is 0. The van der Waals surface area contributed by atoms with Gasteiger partial charge in [-0.05, 0) is 23.8 Å². The zero-order valence-electron chi connectivity index (χ0n) is 16.3. The summed E-state index contributed by atoms with van der Waals surface area (Å²) in [4.78, 5) is 12.2. The molecule has 1 aliphatic heterocycles. The minimum absolute atomic E-state index is 0.0214. The van der Waals surface area contributed by atoms with E-state index >= 15 is 0 Å². The van der Waals surface area contributed by atoms with E-state index in [2.05, 4.69) is 0 Å². The van der Waals surface area contributed by atoms with Crippen molar-refractivity contribution in [1.82, 2.24) is 4.31 Å². The van der Waals surface area contributed by atoms with Crippen molar-refractivity contribution in [2.24, 2.45) is 5.92 Å². The van der Waals surface area contributed by atoms with E-state index < -0.39 is 31.9 Å². The molecule has 3 rings (SSSR count). The quantitative estimate of drug-likeness (QED) is 0.682. The second-order valence-corrected chi connectivity index (χ2v) is 10.7. The highest BCUT2D eigenvalue weighted by Crippen LogP contribution is 2.35. The number of methoxy groups -OCH3 is 1.